The molecule has 0 bridgehead atoms. The minimum atomic E-state index is -0.136. The fraction of sp³-hybridized carbons (Fsp3) is 0.316. The Balaban J connectivity index is 1.95. The summed E-state index contributed by atoms with van der Waals surface area (Å²) in [5.74, 6) is 0.580. The Labute approximate surface area is 132 Å². The number of hydrogen-bond donors (Lipinski definition) is 1. The third-order valence-corrected chi connectivity index (χ3v) is 3.71. The molecule has 2 rings (SSSR count). The van der Waals surface area contributed by atoms with Gasteiger partial charge in [0.2, 0.25) is 0 Å². The maximum Gasteiger partial charge on any atom is 0.262 e. The lowest BCUT2D eigenvalue weighted by Crippen LogP contribution is -2.21. The second-order valence-electron chi connectivity index (χ2n) is 5.30. The minimum Gasteiger partial charge on any atom is -0.484 e. The Morgan fingerprint density at radius 2 is 1.77 bits per heavy atom. The van der Waals surface area contributed by atoms with Crippen molar-refractivity contribution in [1.29, 1.82) is 0 Å². The number of para-hydroxylation sites is 1. The zero-order chi connectivity index (χ0) is 15.9. The first-order valence-corrected chi connectivity index (χ1v) is 7.74. The molecule has 0 unspecified atom stereocenters. The maximum absolute atomic E-state index is 12.1. The number of rotatable bonds is 6. The van der Waals surface area contributed by atoms with Gasteiger partial charge in [-0.25, -0.2) is 0 Å². The summed E-state index contributed by atoms with van der Waals surface area (Å²) in [5, 5.41) is 2.96. The average molecular weight is 297 g/mol. The first-order chi connectivity index (χ1) is 10.6. The average Bonchev–Trinajstić information content (AvgIpc) is 2.55. The van der Waals surface area contributed by atoms with E-state index in [0.717, 1.165) is 29.7 Å². The van der Waals surface area contributed by atoms with Gasteiger partial charge in [0.25, 0.3) is 5.91 Å². The number of nitrogens with one attached hydrogen (secondary N) is 1. The van der Waals surface area contributed by atoms with Crippen LogP contribution in [0.2, 0.25) is 0 Å². The second-order valence-corrected chi connectivity index (χ2v) is 5.30. The molecule has 0 radical (unpaired) electrons. The van der Waals surface area contributed by atoms with Crippen LogP contribution in [0.4, 0.5) is 5.69 Å². The normalized spacial score (nSPS) is 10.3. The van der Waals surface area contributed by atoms with Gasteiger partial charge in [0.15, 0.2) is 6.61 Å². The molecule has 22 heavy (non-hydrogen) atoms. The van der Waals surface area contributed by atoms with Crippen LogP contribution in [-0.4, -0.2) is 12.5 Å². The van der Waals surface area contributed by atoms with Crippen molar-refractivity contribution in [3.63, 3.8) is 0 Å². The van der Waals surface area contributed by atoms with Gasteiger partial charge in [-0.2, -0.15) is 0 Å². The van der Waals surface area contributed by atoms with Gasteiger partial charge in [0.05, 0.1) is 0 Å². The third kappa shape index (κ3) is 4.10. The molecule has 1 N–H and O–H groups in total. The monoisotopic (exact) mass is 297 g/mol. The van der Waals surface area contributed by atoms with Crippen LogP contribution in [0.25, 0.3) is 0 Å². The van der Waals surface area contributed by atoms with Crippen LogP contribution < -0.4 is 10.1 Å². The molecular formula is C19H23NO2. The molecule has 0 spiro atoms. The van der Waals surface area contributed by atoms with Crippen molar-refractivity contribution in [2.45, 2.75) is 33.6 Å². The summed E-state index contributed by atoms with van der Waals surface area (Å²) in [6.07, 6.45) is 1.88. The molecule has 0 fully saturated rings. The highest BCUT2D eigenvalue weighted by molar-refractivity contribution is 5.93. The molecule has 0 saturated carbocycles. The molecule has 0 aliphatic heterocycles. The Bertz CT molecular complexity index is 632. The van der Waals surface area contributed by atoms with Gasteiger partial charge in [-0.05, 0) is 48.6 Å². The minimum absolute atomic E-state index is 0.0168. The van der Waals surface area contributed by atoms with Crippen LogP contribution in [0.3, 0.4) is 0 Å². The fourth-order valence-corrected chi connectivity index (χ4v) is 2.35. The van der Waals surface area contributed by atoms with Crippen LogP contribution in [0.1, 0.15) is 30.5 Å². The molecular weight excluding hydrogens is 274 g/mol. The summed E-state index contributed by atoms with van der Waals surface area (Å²) in [4.78, 5) is 12.1. The fourth-order valence-electron chi connectivity index (χ4n) is 2.35. The molecule has 0 heterocycles. The van der Waals surface area contributed by atoms with E-state index in [0.29, 0.717) is 5.75 Å². The van der Waals surface area contributed by atoms with E-state index >= 15 is 0 Å². The molecule has 0 aliphatic carbocycles. The summed E-state index contributed by atoms with van der Waals surface area (Å²) in [5.41, 5.74) is 4.37. The van der Waals surface area contributed by atoms with Crippen LogP contribution in [0, 0.1) is 6.92 Å². The van der Waals surface area contributed by atoms with Crippen molar-refractivity contribution >= 4 is 11.6 Å². The van der Waals surface area contributed by atoms with E-state index < -0.39 is 0 Å². The van der Waals surface area contributed by atoms with Crippen molar-refractivity contribution in [3.05, 3.63) is 59.2 Å². The zero-order valence-corrected chi connectivity index (χ0v) is 13.5. The largest absolute Gasteiger partial charge is 0.484 e. The highest BCUT2D eigenvalue weighted by atomic mass is 16.5. The molecule has 0 saturated heterocycles. The number of ether oxygens (including phenoxy) is 1. The molecule has 3 heteroatoms. The van der Waals surface area contributed by atoms with Crippen LogP contribution in [0.15, 0.2) is 42.5 Å². The summed E-state index contributed by atoms with van der Waals surface area (Å²) in [6, 6.07) is 13.9. The molecule has 1 amide bonds. The van der Waals surface area contributed by atoms with E-state index in [2.05, 4.69) is 19.2 Å². The molecule has 2 aromatic carbocycles. The molecule has 2 aromatic rings. The van der Waals surface area contributed by atoms with Crippen LogP contribution >= 0.6 is 0 Å². The van der Waals surface area contributed by atoms with Gasteiger partial charge in [-0.15, -0.1) is 0 Å². The van der Waals surface area contributed by atoms with Crippen LogP contribution in [-0.2, 0) is 17.6 Å². The summed E-state index contributed by atoms with van der Waals surface area (Å²) < 4.78 is 5.54. The van der Waals surface area contributed by atoms with Gasteiger partial charge in [0.1, 0.15) is 5.75 Å². The van der Waals surface area contributed by atoms with Crippen molar-refractivity contribution in [2.24, 2.45) is 0 Å². The van der Waals surface area contributed by atoms with E-state index in [-0.39, 0.29) is 12.5 Å². The lowest BCUT2D eigenvalue weighted by atomic mass is 10.1. The maximum atomic E-state index is 12.1. The number of hydrogen-bond acceptors (Lipinski definition) is 2. The van der Waals surface area contributed by atoms with E-state index in [1.165, 1.54) is 5.56 Å². The van der Waals surface area contributed by atoms with Crippen molar-refractivity contribution in [1.82, 2.24) is 0 Å². The van der Waals surface area contributed by atoms with E-state index in [4.69, 9.17) is 4.74 Å². The lowest BCUT2D eigenvalue weighted by Gasteiger charge is -2.13. The first kappa shape index (κ1) is 16.1. The van der Waals surface area contributed by atoms with Crippen molar-refractivity contribution < 1.29 is 9.53 Å². The zero-order valence-electron chi connectivity index (χ0n) is 13.5. The number of carbonyl (C=O) groups is 1. The SMILES string of the molecule is CCc1ccc(OCC(=O)Nc2c(C)cccc2CC)cc1. The second kappa shape index (κ2) is 7.64. The van der Waals surface area contributed by atoms with Crippen molar-refractivity contribution in [2.75, 3.05) is 11.9 Å². The van der Waals surface area contributed by atoms with E-state index in [1.54, 1.807) is 0 Å². The Kier molecular flexibility index (Phi) is 5.59. The molecule has 0 aliphatic rings. The molecule has 0 atom stereocenters. The highest BCUT2D eigenvalue weighted by Crippen LogP contribution is 2.21. The van der Waals surface area contributed by atoms with E-state index in [1.807, 2.05) is 49.4 Å². The Morgan fingerprint density at radius 1 is 1.05 bits per heavy atom. The first-order valence-electron chi connectivity index (χ1n) is 7.74. The Morgan fingerprint density at radius 3 is 2.41 bits per heavy atom. The van der Waals surface area contributed by atoms with Gasteiger partial charge < -0.3 is 10.1 Å². The number of amides is 1. The summed E-state index contributed by atoms with van der Waals surface area (Å²) in [7, 11) is 0. The molecule has 116 valence electrons. The standard InChI is InChI=1S/C19H23NO2/c1-4-15-9-11-17(12-10-15)22-13-18(21)20-19-14(3)7-6-8-16(19)5-2/h6-12H,4-5,13H2,1-3H3,(H,20,21). The number of anilines is 1. The highest BCUT2D eigenvalue weighted by Gasteiger charge is 2.09. The quantitative estimate of drug-likeness (QED) is 0.870. The van der Waals surface area contributed by atoms with Crippen LogP contribution in [0.5, 0.6) is 5.75 Å². The van der Waals surface area contributed by atoms with Gasteiger partial charge in [-0.1, -0.05) is 44.2 Å². The van der Waals surface area contributed by atoms with Gasteiger partial charge in [-0.3, -0.25) is 4.79 Å². The van der Waals surface area contributed by atoms with E-state index in [9.17, 15) is 4.79 Å². The molecule has 0 aromatic heterocycles. The number of benzene rings is 2. The smallest absolute Gasteiger partial charge is 0.262 e. The van der Waals surface area contributed by atoms with Gasteiger partial charge >= 0.3 is 0 Å². The molecule has 3 nitrogen and oxygen atoms in total. The van der Waals surface area contributed by atoms with Crippen molar-refractivity contribution in [3.8, 4) is 5.75 Å². The lowest BCUT2D eigenvalue weighted by molar-refractivity contribution is -0.118. The predicted octanol–water partition coefficient (Wildman–Crippen LogP) is 4.14. The number of aryl methyl sites for hydroxylation is 3. The summed E-state index contributed by atoms with van der Waals surface area (Å²) in [6.45, 7) is 6.20. The summed E-state index contributed by atoms with van der Waals surface area (Å²) >= 11 is 0. The number of carbonyl (C=O) groups excluding carboxylic acids is 1. The Hall–Kier alpha value is -2.29. The third-order valence-electron chi connectivity index (χ3n) is 3.71. The topological polar surface area (TPSA) is 38.3 Å². The predicted molar refractivity (Wildman–Crippen MR) is 90.5 cm³/mol. The van der Waals surface area contributed by atoms with Gasteiger partial charge in [0, 0.05) is 5.69 Å².